The molecule has 1 aliphatic carbocycles. The fraction of sp³-hybridized carbons (Fsp3) is 0.391. The van der Waals surface area contributed by atoms with E-state index in [0.717, 1.165) is 46.7 Å². The van der Waals surface area contributed by atoms with Gasteiger partial charge in [-0.3, -0.25) is 4.99 Å². The lowest BCUT2D eigenvalue weighted by Crippen LogP contribution is -2.30. The van der Waals surface area contributed by atoms with Crippen molar-refractivity contribution in [3.05, 3.63) is 63.9 Å². The molecule has 1 atom stereocenters. The van der Waals surface area contributed by atoms with Crippen molar-refractivity contribution in [1.29, 1.82) is 0 Å². The number of nitrogens with zero attached hydrogens (tertiary/aromatic N) is 2. The summed E-state index contributed by atoms with van der Waals surface area (Å²) in [6.07, 6.45) is 6.62. The molecule has 7 N–H and O–H groups in total. The minimum atomic E-state index is 0.176. The molecule has 2 rings (SSSR count). The van der Waals surface area contributed by atoms with Crippen LogP contribution in [-0.2, 0) is 0 Å². The Morgan fingerprint density at radius 1 is 1.23 bits per heavy atom. The third-order valence-corrected chi connectivity index (χ3v) is 5.29. The number of anilines is 1. The van der Waals surface area contributed by atoms with Crippen molar-refractivity contribution in [2.45, 2.75) is 46.1 Å². The van der Waals surface area contributed by atoms with Gasteiger partial charge in [0.25, 0.3) is 0 Å². The minimum absolute atomic E-state index is 0.176. The highest BCUT2D eigenvalue weighted by atomic mass is 35.5. The fourth-order valence-corrected chi connectivity index (χ4v) is 3.57. The van der Waals surface area contributed by atoms with Crippen LogP contribution in [0.1, 0.15) is 45.6 Å². The van der Waals surface area contributed by atoms with Gasteiger partial charge in [0.05, 0.1) is 6.54 Å². The Morgan fingerprint density at radius 2 is 1.97 bits per heavy atom. The highest BCUT2D eigenvalue weighted by molar-refractivity contribution is 6.30. The molecule has 0 bridgehead atoms. The zero-order chi connectivity index (χ0) is 22.1. The number of para-hydroxylation sites is 1. The van der Waals surface area contributed by atoms with Crippen molar-refractivity contribution in [3.63, 3.8) is 0 Å². The van der Waals surface area contributed by atoms with Crippen LogP contribution in [0.25, 0.3) is 0 Å². The highest BCUT2D eigenvalue weighted by Crippen LogP contribution is 2.26. The van der Waals surface area contributed by atoms with Crippen LogP contribution >= 0.6 is 11.6 Å². The van der Waals surface area contributed by atoms with Crippen molar-refractivity contribution < 1.29 is 0 Å². The molecule has 7 heteroatoms. The highest BCUT2D eigenvalue weighted by Gasteiger charge is 2.13. The summed E-state index contributed by atoms with van der Waals surface area (Å²) in [4.78, 5) is 9.02. The normalized spacial score (nSPS) is 17.2. The molecule has 0 amide bonds. The molecule has 30 heavy (non-hydrogen) atoms. The van der Waals surface area contributed by atoms with E-state index >= 15 is 0 Å². The number of aliphatic imine (C=N–C) groups is 2. The Balaban J connectivity index is 1.94. The molecule has 1 aliphatic rings. The quantitative estimate of drug-likeness (QED) is 0.207. The Morgan fingerprint density at radius 3 is 2.63 bits per heavy atom. The molecule has 0 saturated carbocycles. The van der Waals surface area contributed by atoms with Gasteiger partial charge in [-0.25, -0.2) is 4.99 Å². The summed E-state index contributed by atoms with van der Waals surface area (Å²) in [5.41, 5.74) is 22.7. The number of rotatable bonds is 9. The van der Waals surface area contributed by atoms with Crippen molar-refractivity contribution >= 4 is 29.0 Å². The minimum Gasteiger partial charge on any atom is -0.398 e. The maximum atomic E-state index is 6.24. The first-order chi connectivity index (χ1) is 14.3. The van der Waals surface area contributed by atoms with Crippen molar-refractivity contribution in [2.75, 3.05) is 18.8 Å². The summed E-state index contributed by atoms with van der Waals surface area (Å²) >= 11 is 6.10. The Labute approximate surface area is 184 Å². The molecule has 0 spiro atoms. The zero-order valence-electron chi connectivity index (χ0n) is 18.1. The van der Waals surface area contributed by atoms with Gasteiger partial charge in [0.2, 0.25) is 0 Å². The van der Waals surface area contributed by atoms with Crippen LogP contribution in [-0.4, -0.2) is 30.8 Å². The number of allylic oxidation sites excluding steroid dienone is 4. The van der Waals surface area contributed by atoms with E-state index in [-0.39, 0.29) is 6.04 Å². The predicted octanol–water partition coefficient (Wildman–Crippen LogP) is 3.84. The second-order valence-corrected chi connectivity index (χ2v) is 7.87. The van der Waals surface area contributed by atoms with Crippen LogP contribution in [0.5, 0.6) is 0 Å². The first kappa shape index (κ1) is 23.7. The summed E-state index contributed by atoms with van der Waals surface area (Å²) in [5.74, 6) is 1.02. The largest absolute Gasteiger partial charge is 0.398 e. The summed E-state index contributed by atoms with van der Waals surface area (Å²) in [6.45, 7) is 7.37. The molecular weight excluding hydrogens is 396 g/mol. The summed E-state index contributed by atoms with van der Waals surface area (Å²) in [7, 11) is 0. The number of halogens is 1. The third kappa shape index (κ3) is 7.04. The van der Waals surface area contributed by atoms with E-state index in [2.05, 4.69) is 28.3 Å². The molecule has 1 aromatic carbocycles. The molecule has 1 unspecified atom stereocenters. The number of hydrogen-bond donors (Lipinski definition) is 4. The molecule has 0 fully saturated rings. The van der Waals surface area contributed by atoms with E-state index in [1.54, 1.807) is 0 Å². The number of amidine groups is 2. The van der Waals surface area contributed by atoms with Gasteiger partial charge in [-0.15, -0.1) is 0 Å². The fourth-order valence-electron chi connectivity index (χ4n) is 3.31. The standard InChI is InChI=1S/C23H33ClN6/c1-4-18(28-11-12-29-22(26)20-7-5-6-8-21(20)25)14-16(3)30-23(27)19-10-9-17(24)13-15(19)2/h5-8,13-14,18,28H,4,9-12,25H2,1-3H3,(H2,26,29)(H2,27,30). The lowest BCUT2D eigenvalue weighted by molar-refractivity contribution is 0.582. The van der Waals surface area contributed by atoms with E-state index in [0.29, 0.717) is 30.4 Å². The maximum Gasteiger partial charge on any atom is 0.127 e. The Hall–Kier alpha value is -2.57. The van der Waals surface area contributed by atoms with Crippen molar-refractivity contribution in [3.8, 4) is 0 Å². The average Bonchev–Trinajstić information content (AvgIpc) is 2.70. The van der Waals surface area contributed by atoms with E-state index in [4.69, 9.17) is 28.8 Å². The van der Waals surface area contributed by atoms with Gasteiger partial charge in [-0.05, 0) is 68.5 Å². The van der Waals surface area contributed by atoms with Crippen LogP contribution in [0.15, 0.2) is 68.3 Å². The number of nitrogens with one attached hydrogen (secondary N) is 1. The predicted molar refractivity (Wildman–Crippen MR) is 130 cm³/mol. The van der Waals surface area contributed by atoms with Gasteiger partial charge >= 0.3 is 0 Å². The SMILES string of the molecule is CCC(C=C(C)N=C(N)C1=C(C)C=C(Cl)CC1)NCCN=C(N)c1ccccc1N. The van der Waals surface area contributed by atoms with Gasteiger partial charge in [0.15, 0.2) is 0 Å². The monoisotopic (exact) mass is 428 g/mol. The van der Waals surface area contributed by atoms with Gasteiger partial charge < -0.3 is 22.5 Å². The Bertz CT molecular complexity index is 895. The topological polar surface area (TPSA) is 115 Å². The second-order valence-electron chi connectivity index (χ2n) is 7.38. The Kier molecular flexibility index (Phi) is 9.15. The number of nitrogen functional groups attached to an aromatic ring is 1. The van der Waals surface area contributed by atoms with Gasteiger partial charge in [0.1, 0.15) is 11.7 Å². The summed E-state index contributed by atoms with van der Waals surface area (Å²) in [6, 6.07) is 7.64. The number of benzene rings is 1. The van der Waals surface area contributed by atoms with Crippen molar-refractivity contribution in [2.24, 2.45) is 21.5 Å². The lowest BCUT2D eigenvalue weighted by Gasteiger charge is -2.16. The number of nitrogens with two attached hydrogens (primary N) is 3. The lowest BCUT2D eigenvalue weighted by atomic mass is 9.97. The zero-order valence-corrected chi connectivity index (χ0v) is 18.8. The molecule has 0 radical (unpaired) electrons. The molecule has 0 saturated heterocycles. The van der Waals surface area contributed by atoms with Crippen LogP contribution < -0.4 is 22.5 Å². The molecular formula is C23H33ClN6. The molecule has 6 nitrogen and oxygen atoms in total. The van der Waals surface area contributed by atoms with Crippen LogP contribution in [0.2, 0.25) is 0 Å². The smallest absolute Gasteiger partial charge is 0.127 e. The summed E-state index contributed by atoms with van der Waals surface area (Å²) in [5, 5.41) is 4.34. The number of hydrogen-bond acceptors (Lipinski definition) is 4. The maximum absolute atomic E-state index is 6.24. The molecule has 0 aliphatic heterocycles. The molecule has 0 aromatic heterocycles. The molecule has 162 valence electrons. The van der Waals surface area contributed by atoms with E-state index < -0.39 is 0 Å². The van der Waals surface area contributed by atoms with E-state index in [1.165, 1.54) is 0 Å². The van der Waals surface area contributed by atoms with E-state index in [1.807, 2.05) is 44.2 Å². The van der Waals surface area contributed by atoms with Gasteiger partial charge in [0, 0.05) is 34.6 Å². The average molecular weight is 429 g/mol. The first-order valence-corrected chi connectivity index (χ1v) is 10.7. The molecule has 0 heterocycles. The van der Waals surface area contributed by atoms with Crippen LogP contribution in [0, 0.1) is 0 Å². The van der Waals surface area contributed by atoms with Crippen LogP contribution in [0.4, 0.5) is 5.69 Å². The second kappa shape index (κ2) is 11.6. The van der Waals surface area contributed by atoms with Crippen molar-refractivity contribution in [1.82, 2.24) is 5.32 Å². The molecule has 1 aromatic rings. The van der Waals surface area contributed by atoms with E-state index in [9.17, 15) is 0 Å². The summed E-state index contributed by atoms with van der Waals surface area (Å²) < 4.78 is 0. The third-order valence-electron chi connectivity index (χ3n) is 4.99. The first-order valence-electron chi connectivity index (χ1n) is 10.3. The van der Waals surface area contributed by atoms with Crippen LogP contribution in [0.3, 0.4) is 0 Å². The van der Waals surface area contributed by atoms with Gasteiger partial charge in [-0.2, -0.15) is 0 Å². The van der Waals surface area contributed by atoms with Gasteiger partial charge in [-0.1, -0.05) is 30.7 Å².